The highest BCUT2D eigenvalue weighted by Gasteiger charge is 2.25. The normalized spacial score (nSPS) is 19.2. The maximum atomic E-state index is 12.0. The van der Waals surface area contributed by atoms with Gasteiger partial charge in [0.25, 0.3) is 5.56 Å². The molecule has 1 unspecified atom stereocenters. The van der Waals surface area contributed by atoms with Crippen molar-refractivity contribution in [1.82, 2.24) is 9.55 Å². The summed E-state index contributed by atoms with van der Waals surface area (Å²) in [6, 6.07) is 0.0231. The average molecular weight is 287 g/mol. The second kappa shape index (κ2) is 4.01. The van der Waals surface area contributed by atoms with Gasteiger partial charge in [-0.15, -0.1) is 0 Å². The Morgan fingerprint density at radius 2 is 2.31 bits per heavy atom. The van der Waals surface area contributed by atoms with E-state index in [0.29, 0.717) is 5.82 Å². The summed E-state index contributed by atoms with van der Waals surface area (Å²) in [5.41, 5.74) is -0.742. The highest BCUT2D eigenvalue weighted by Crippen LogP contribution is 2.23. The third-order valence-electron chi connectivity index (χ3n) is 2.82. The van der Waals surface area contributed by atoms with Gasteiger partial charge in [-0.3, -0.25) is 9.36 Å². The fourth-order valence-electron chi connectivity index (χ4n) is 2.04. The van der Waals surface area contributed by atoms with Crippen LogP contribution in [0.5, 0.6) is 0 Å². The van der Waals surface area contributed by atoms with Crippen molar-refractivity contribution in [2.45, 2.75) is 32.2 Å². The zero-order valence-corrected chi connectivity index (χ0v) is 10.3. The minimum Gasteiger partial charge on any atom is -0.477 e. The van der Waals surface area contributed by atoms with E-state index in [-0.39, 0.29) is 16.2 Å². The number of aryl methyl sites for hydroxylation is 1. The van der Waals surface area contributed by atoms with Crippen LogP contribution in [0.25, 0.3) is 0 Å². The summed E-state index contributed by atoms with van der Waals surface area (Å²) in [4.78, 5) is 27.1. The first-order chi connectivity index (χ1) is 7.52. The zero-order chi connectivity index (χ0) is 11.9. The van der Waals surface area contributed by atoms with Gasteiger partial charge in [-0.2, -0.15) is 0 Å². The Hall–Kier alpha value is -1.17. The molecule has 0 fully saturated rings. The van der Waals surface area contributed by atoms with Gasteiger partial charge in [0.15, 0.2) is 5.56 Å². The maximum Gasteiger partial charge on any atom is 0.344 e. The molecule has 1 aromatic heterocycles. The molecular formula is C10H11BrN2O3. The number of carbonyl (C=O) groups is 1. The van der Waals surface area contributed by atoms with Crippen molar-refractivity contribution in [3.63, 3.8) is 0 Å². The van der Waals surface area contributed by atoms with Crippen LogP contribution in [0.4, 0.5) is 0 Å². The van der Waals surface area contributed by atoms with Crippen molar-refractivity contribution in [1.29, 1.82) is 0 Å². The number of carboxylic acids is 1. The van der Waals surface area contributed by atoms with Crippen molar-refractivity contribution in [3.8, 4) is 0 Å². The van der Waals surface area contributed by atoms with Crippen molar-refractivity contribution in [3.05, 3.63) is 26.3 Å². The van der Waals surface area contributed by atoms with Gasteiger partial charge in [0.05, 0.1) is 0 Å². The molecule has 1 aliphatic rings. The molecule has 0 amide bonds. The van der Waals surface area contributed by atoms with E-state index in [1.807, 2.05) is 6.92 Å². The Morgan fingerprint density at radius 3 is 2.94 bits per heavy atom. The van der Waals surface area contributed by atoms with E-state index in [2.05, 4.69) is 20.9 Å². The summed E-state index contributed by atoms with van der Waals surface area (Å²) in [6.45, 7) is 1.91. The number of hydrogen-bond donors (Lipinski definition) is 1. The number of hydrogen-bond acceptors (Lipinski definition) is 3. The molecule has 5 nitrogen and oxygen atoms in total. The van der Waals surface area contributed by atoms with Crippen LogP contribution in [0, 0.1) is 0 Å². The van der Waals surface area contributed by atoms with Gasteiger partial charge in [-0.05, 0) is 35.7 Å². The highest BCUT2D eigenvalue weighted by atomic mass is 79.9. The topological polar surface area (TPSA) is 72.2 Å². The molecule has 0 saturated heterocycles. The third-order valence-corrected chi connectivity index (χ3v) is 3.39. The Morgan fingerprint density at radius 1 is 1.62 bits per heavy atom. The quantitative estimate of drug-likeness (QED) is 0.796. The molecule has 86 valence electrons. The van der Waals surface area contributed by atoms with E-state index in [0.717, 1.165) is 19.3 Å². The fourth-order valence-corrected chi connectivity index (χ4v) is 2.59. The van der Waals surface area contributed by atoms with E-state index in [1.165, 1.54) is 4.57 Å². The van der Waals surface area contributed by atoms with Gasteiger partial charge in [0.2, 0.25) is 0 Å². The largest absolute Gasteiger partial charge is 0.477 e. The molecule has 0 spiro atoms. The molecule has 1 aromatic rings. The SMILES string of the molecule is CC1CCCc2nc(Br)c(C(=O)O)c(=O)n21. The molecule has 0 aromatic carbocycles. The van der Waals surface area contributed by atoms with Crippen molar-refractivity contribution < 1.29 is 9.90 Å². The van der Waals surface area contributed by atoms with Gasteiger partial charge < -0.3 is 5.11 Å². The van der Waals surface area contributed by atoms with E-state index in [9.17, 15) is 9.59 Å². The lowest BCUT2D eigenvalue weighted by Crippen LogP contribution is -2.35. The van der Waals surface area contributed by atoms with Crippen LogP contribution >= 0.6 is 15.9 Å². The van der Waals surface area contributed by atoms with Crippen LogP contribution < -0.4 is 5.56 Å². The molecule has 0 bridgehead atoms. The van der Waals surface area contributed by atoms with Gasteiger partial charge in [0, 0.05) is 12.5 Å². The van der Waals surface area contributed by atoms with Crippen molar-refractivity contribution in [2.24, 2.45) is 0 Å². The summed E-state index contributed by atoms with van der Waals surface area (Å²) >= 11 is 3.04. The lowest BCUT2D eigenvalue weighted by atomic mass is 10.1. The number of nitrogens with zero attached hydrogens (tertiary/aromatic N) is 2. The minimum atomic E-state index is -1.24. The maximum absolute atomic E-state index is 12.0. The number of aromatic carboxylic acids is 1. The van der Waals surface area contributed by atoms with E-state index in [1.54, 1.807) is 0 Å². The molecule has 0 radical (unpaired) electrons. The molecule has 1 aliphatic heterocycles. The first-order valence-corrected chi connectivity index (χ1v) is 5.86. The van der Waals surface area contributed by atoms with Crippen LogP contribution in [-0.4, -0.2) is 20.6 Å². The number of carboxylic acid groups (broad SMARTS) is 1. The number of fused-ring (bicyclic) bond motifs is 1. The Labute approximate surface area is 100 Å². The summed E-state index contributed by atoms with van der Waals surface area (Å²) in [5.74, 6) is -0.571. The molecule has 1 N–H and O–H groups in total. The smallest absolute Gasteiger partial charge is 0.344 e. The predicted octanol–water partition coefficient (Wildman–Crippen LogP) is 1.60. The number of halogens is 1. The highest BCUT2D eigenvalue weighted by molar-refractivity contribution is 9.10. The van der Waals surface area contributed by atoms with E-state index in [4.69, 9.17) is 5.11 Å². The van der Waals surface area contributed by atoms with Gasteiger partial charge in [-0.1, -0.05) is 0 Å². The first kappa shape index (κ1) is 11.3. The molecule has 1 atom stereocenters. The van der Waals surface area contributed by atoms with Crippen LogP contribution in [0.2, 0.25) is 0 Å². The summed E-state index contributed by atoms with van der Waals surface area (Å²) < 4.78 is 1.63. The van der Waals surface area contributed by atoms with Crippen LogP contribution in [-0.2, 0) is 6.42 Å². The molecular weight excluding hydrogens is 276 g/mol. The van der Waals surface area contributed by atoms with Crippen LogP contribution in [0.3, 0.4) is 0 Å². The summed E-state index contributed by atoms with van der Waals surface area (Å²) in [6.07, 6.45) is 2.58. The summed E-state index contributed by atoms with van der Waals surface area (Å²) in [7, 11) is 0. The lowest BCUT2D eigenvalue weighted by molar-refractivity contribution is 0.0692. The third kappa shape index (κ3) is 1.67. The molecule has 6 heteroatoms. The van der Waals surface area contributed by atoms with E-state index >= 15 is 0 Å². The monoisotopic (exact) mass is 286 g/mol. The lowest BCUT2D eigenvalue weighted by Gasteiger charge is -2.24. The Bertz CT molecular complexity index is 510. The van der Waals surface area contributed by atoms with Crippen molar-refractivity contribution >= 4 is 21.9 Å². The molecule has 0 saturated carbocycles. The first-order valence-electron chi connectivity index (χ1n) is 5.06. The average Bonchev–Trinajstić information content (AvgIpc) is 2.15. The standard InChI is InChI=1S/C10H11BrN2O3/c1-5-3-2-4-6-12-8(11)7(10(15)16)9(14)13(5)6/h5H,2-4H2,1H3,(H,15,16). The summed E-state index contributed by atoms with van der Waals surface area (Å²) in [5, 5.41) is 8.95. The van der Waals surface area contributed by atoms with Gasteiger partial charge in [-0.25, -0.2) is 9.78 Å². The predicted molar refractivity (Wildman–Crippen MR) is 60.8 cm³/mol. The van der Waals surface area contributed by atoms with Gasteiger partial charge in [0.1, 0.15) is 10.4 Å². The molecule has 2 rings (SSSR count). The van der Waals surface area contributed by atoms with Crippen molar-refractivity contribution in [2.75, 3.05) is 0 Å². The molecule has 0 aliphatic carbocycles. The molecule has 2 heterocycles. The minimum absolute atomic E-state index is 0.0231. The second-order valence-corrected chi connectivity index (χ2v) is 4.67. The Kier molecular flexibility index (Phi) is 2.84. The number of rotatable bonds is 1. The molecule has 16 heavy (non-hydrogen) atoms. The van der Waals surface area contributed by atoms with E-state index < -0.39 is 11.5 Å². The van der Waals surface area contributed by atoms with Crippen LogP contribution in [0.15, 0.2) is 9.40 Å². The van der Waals surface area contributed by atoms with Crippen LogP contribution in [0.1, 0.15) is 42.0 Å². The Balaban J connectivity index is 2.74. The number of aromatic nitrogens is 2. The zero-order valence-electron chi connectivity index (χ0n) is 8.73. The van der Waals surface area contributed by atoms with Gasteiger partial charge >= 0.3 is 5.97 Å². The second-order valence-electron chi connectivity index (χ2n) is 3.92. The fraction of sp³-hybridized carbons (Fsp3) is 0.500.